The van der Waals surface area contributed by atoms with Crippen LogP contribution in [0.2, 0.25) is 0 Å². The highest BCUT2D eigenvalue weighted by Gasteiger charge is 2.22. The van der Waals surface area contributed by atoms with Crippen molar-refractivity contribution in [2.75, 3.05) is 39.8 Å². The van der Waals surface area contributed by atoms with Crippen LogP contribution in [0.25, 0.3) is 0 Å². The molecule has 118 valence electrons. The van der Waals surface area contributed by atoms with Crippen molar-refractivity contribution in [2.45, 2.75) is 6.54 Å². The summed E-state index contributed by atoms with van der Waals surface area (Å²) < 4.78 is 0. The van der Waals surface area contributed by atoms with Crippen LogP contribution in [0, 0.1) is 0 Å². The Morgan fingerprint density at radius 2 is 1.82 bits per heavy atom. The van der Waals surface area contributed by atoms with Crippen LogP contribution in [0.4, 0.5) is 0 Å². The number of likely N-dealkylation sites (N-methyl/N-ethyl adjacent to an activating group) is 1. The zero-order valence-corrected chi connectivity index (χ0v) is 13.1. The van der Waals surface area contributed by atoms with Gasteiger partial charge in [0.1, 0.15) is 0 Å². The van der Waals surface area contributed by atoms with E-state index in [-0.39, 0.29) is 18.4 Å². The van der Waals surface area contributed by atoms with Crippen LogP contribution in [-0.4, -0.2) is 66.3 Å². The monoisotopic (exact) mass is 301 g/mol. The van der Waals surface area contributed by atoms with Gasteiger partial charge in [-0.05, 0) is 11.6 Å². The summed E-state index contributed by atoms with van der Waals surface area (Å²) in [4.78, 5) is 29.2. The Bertz CT molecular complexity index is 522. The van der Waals surface area contributed by atoms with Crippen molar-refractivity contribution in [3.05, 3.63) is 48.6 Å². The van der Waals surface area contributed by atoms with Crippen molar-refractivity contribution < 1.29 is 9.59 Å². The van der Waals surface area contributed by atoms with Gasteiger partial charge in [-0.3, -0.25) is 14.5 Å². The van der Waals surface area contributed by atoms with Crippen LogP contribution < -0.4 is 0 Å². The van der Waals surface area contributed by atoms with Gasteiger partial charge in [-0.15, -0.1) is 0 Å². The fourth-order valence-electron chi connectivity index (χ4n) is 2.53. The van der Waals surface area contributed by atoms with E-state index in [1.807, 2.05) is 23.1 Å². The molecular weight excluding hydrogens is 278 g/mol. The molecule has 2 rings (SSSR count). The Morgan fingerprint density at radius 1 is 1.18 bits per heavy atom. The van der Waals surface area contributed by atoms with E-state index in [0.717, 1.165) is 19.6 Å². The lowest BCUT2D eigenvalue weighted by molar-refractivity contribution is -0.138. The van der Waals surface area contributed by atoms with Gasteiger partial charge < -0.3 is 9.80 Å². The molecule has 1 aromatic carbocycles. The van der Waals surface area contributed by atoms with Gasteiger partial charge in [0.15, 0.2) is 0 Å². The van der Waals surface area contributed by atoms with Crippen molar-refractivity contribution in [1.29, 1.82) is 0 Å². The molecule has 0 bridgehead atoms. The average molecular weight is 301 g/mol. The third-order valence-electron chi connectivity index (χ3n) is 3.90. The number of hydrogen-bond acceptors (Lipinski definition) is 3. The van der Waals surface area contributed by atoms with E-state index < -0.39 is 0 Å². The van der Waals surface area contributed by atoms with Crippen LogP contribution in [-0.2, 0) is 16.1 Å². The normalized spacial score (nSPS) is 15.4. The lowest BCUT2D eigenvalue weighted by Gasteiger charge is -2.35. The Balaban J connectivity index is 1.78. The van der Waals surface area contributed by atoms with Crippen molar-refractivity contribution in [3.63, 3.8) is 0 Å². The number of carbonyl (C=O) groups is 2. The molecule has 0 aliphatic carbocycles. The molecule has 5 nitrogen and oxygen atoms in total. The third-order valence-corrected chi connectivity index (χ3v) is 3.90. The van der Waals surface area contributed by atoms with Crippen LogP contribution in [0.3, 0.4) is 0 Å². The van der Waals surface area contributed by atoms with Crippen LogP contribution in [0.1, 0.15) is 5.56 Å². The summed E-state index contributed by atoms with van der Waals surface area (Å²) in [6, 6.07) is 10.3. The topological polar surface area (TPSA) is 43.9 Å². The molecule has 22 heavy (non-hydrogen) atoms. The van der Waals surface area contributed by atoms with Crippen LogP contribution in [0.5, 0.6) is 0 Å². The number of carbonyl (C=O) groups excluding carboxylic acids is 2. The molecular formula is C17H23N3O2. The first-order valence-electron chi connectivity index (χ1n) is 7.51. The summed E-state index contributed by atoms with van der Waals surface area (Å²) in [6.07, 6.45) is 1.23. The molecule has 1 fully saturated rings. The second-order valence-corrected chi connectivity index (χ2v) is 5.54. The first-order valence-corrected chi connectivity index (χ1v) is 7.51. The molecule has 5 heteroatoms. The summed E-state index contributed by atoms with van der Waals surface area (Å²) in [7, 11) is 1.62. The highest BCUT2D eigenvalue weighted by molar-refractivity contribution is 5.90. The highest BCUT2D eigenvalue weighted by Crippen LogP contribution is 2.08. The molecule has 0 saturated carbocycles. The first kappa shape index (κ1) is 16.2. The lowest BCUT2D eigenvalue weighted by atomic mass is 10.2. The number of amides is 2. The standard InChI is InChI=1S/C17H23N3O2/c1-3-16(21)18(2)14-17(22)20-11-9-19(10-12-20)13-15-7-5-4-6-8-15/h3-8H,1,9-14H2,2H3. The fraction of sp³-hybridized carbons (Fsp3) is 0.412. The number of benzene rings is 1. The number of rotatable bonds is 5. The van der Waals surface area contributed by atoms with E-state index in [4.69, 9.17) is 0 Å². The quantitative estimate of drug-likeness (QED) is 0.761. The lowest BCUT2D eigenvalue weighted by Crippen LogP contribution is -2.50. The minimum atomic E-state index is -0.226. The second kappa shape index (κ2) is 7.75. The van der Waals surface area contributed by atoms with Gasteiger partial charge in [-0.2, -0.15) is 0 Å². The minimum absolute atomic E-state index is 0.00272. The molecule has 1 aromatic rings. The molecule has 1 heterocycles. The molecule has 0 atom stereocenters. The summed E-state index contributed by atoms with van der Waals surface area (Å²) in [5.74, 6) is -0.229. The minimum Gasteiger partial charge on any atom is -0.339 e. The van der Waals surface area contributed by atoms with Crippen molar-refractivity contribution in [2.24, 2.45) is 0 Å². The van der Waals surface area contributed by atoms with E-state index in [1.54, 1.807) is 7.05 Å². The molecule has 1 aliphatic heterocycles. The Labute approximate surface area is 131 Å². The van der Waals surface area contributed by atoms with E-state index >= 15 is 0 Å². The van der Waals surface area contributed by atoms with Gasteiger partial charge in [0.2, 0.25) is 11.8 Å². The van der Waals surface area contributed by atoms with Gasteiger partial charge in [0, 0.05) is 39.8 Å². The Morgan fingerprint density at radius 3 is 2.41 bits per heavy atom. The molecule has 0 radical (unpaired) electrons. The van der Waals surface area contributed by atoms with Gasteiger partial charge in [-0.1, -0.05) is 36.9 Å². The predicted molar refractivity (Wildman–Crippen MR) is 86.1 cm³/mol. The Hall–Kier alpha value is -2.14. The summed E-state index contributed by atoms with van der Waals surface area (Å²) in [5.41, 5.74) is 1.29. The van der Waals surface area contributed by atoms with Crippen LogP contribution >= 0.6 is 0 Å². The molecule has 2 amide bonds. The highest BCUT2D eigenvalue weighted by atomic mass is 16.2. The zero-order valence-electron chi connectivity index (χ0n) is 13.1. The summed E-state index contributed by atoms with van der Waals surface area (Å²) in [5, 5.41) is 0. The van der Waals surface area contributed by atoms with E-state index in [2.05, 4.69) is 23.6 Å². The van der Waals surface area contributed by atoms with Crippen LogP contribution in [0.15, 0.2) is 43.0 Å². The maximum atomic E-state index is 12.2. The predicted octanol–water partition coefficient (Wildman–Crippen LogP) is 0.975. The zero-order chi connectivity index (χ0) is 15.9. The van der Waals surface area contributed by atoms with Gasteiger partial charge in [0.05, 0.1) is 6.54 Å². The average Bonchev–Trinajstić information content (AvgIpc) is 2.55. The molecule has 1 aliphatic rings. The van der Waals surface area contributed by atoms with E-state index in [0.29, 0.717) is 13.1 Å². The number of piperazine rings is 1. The van der Waals surface area contributed by atoms with Gasteiger partial charge in [-0.25, -0.2) is 0 Å². The first-order chi connectivity index (χ1) is 10.6. The van der Waals surface area contributed by atoms with Crippen molar-refractivity contribution in [1.82, 2.24) is 14.7 Å². The SMILES string of the molecule is C=CC(=O)N(C)CC(=O)N1CCN(Cc2ccccc2)CC1. The molecule has 1 saturated heterocycles. The fourth-order valence-corrected chi connectivity index (χ4v) is 2.53. The Kier molecular flexibility index (Phi) is 5.72. The maximum absolute atomic E-state index is 12.2. The third kappa shape index (κ3) is 4.43. The largest absolute Gasteiger partial charge is 0.339 e. The molecule has 0 unspecified atom stereocenters. The van der Waals surface area contributed by atoms with E-state index in [9.17, 15) is 9.59 Å². The van der Waals surface area contributed by atoms with E-state index in [1.165, 1.54) is 16.5 Å². The number of nitrogens with zero attached hydrogens (tertiary/aromatic N) is 3. The molecule has 0 spiro atoms. The van der Waals surface area contributed by atoms with Gasteiger partial charge in [0.25, 0.3) is 0 Å². The van der Waals surface area contributed by atoms with Crippen molar-refractivity contribution >= 4 is 11.8 Å². The molecule has 0 aromatic heterocycles. The summed E-state index contributed by atoms with van der Waals surface area (Å²) in [6.45, 7) is 7.60. The summed E-state index contributed by atoms with van der Waals surface area (Å²) >= 11 is 0. The second-order valence-electron chi connectivity index (χ2n) is 5.54. The van der Waals surface area contributed by atoms with Gasteiger partial charge >= 0.3 is 0 Å². The maximum Gasteiger partial charge on any atom is 0.246 e. The number of hydrogen-bond donors (Lipinski definition) is 0. The smallest absolute Gasteiger partial charge is 0.246 e. The molecule has 0 N–H and O–H groups in total. The van der Waals surface area contributed by atoms with Crippen molar-refractivity contribution in [3.8, 4) is 0 Å².